The van der Waals surface area contributed by atoms with Crippen LogP contribution in [0.15, 0.2) is 24.8 Å². The molecule has 0 aromatic heterocycles. The van der Waals surface area contributed by atoms with Crippen LogP contribution in [-0.4, -0.2) is 26.2 Å². The molecule has 0 aliphatic carbocycles. The number of rotatable bonds is 1. The van der Waals surface area contributed by atoms with Gasteiger partial charge >= 0.3 is 0 Å². The zero-order valence-electron chi connectivity index (χ0n) is 3.94. The Morgan fingerprint density at radius 3 is 1.83 bits per heavy atom. The molecule has 0 fully saturated rings. The van der Waals surface area contributed by atoms with Gasteiger partial charge in [-0.3, -0.25) is 0 Å². The summed E-state index contributed by atoms with van der Waals surface area (Å²) in [5.74, 6) is 0. The third kappa shape index (κ3) is 8.84. The van der Waals surface area contributed by atoms with Crippen molar-refractivity contribution in [3.8, 4) is 0 Å². The molecule has 1 heteroatoms. The van der Waals surface area contributed by atoms with E-state index in [1.54, 1.807) is 6.08 Å². The molecule has 33 valence electrons. The second-order valence-corrected chi connectivity index (χ2v) is 1.05. The van der Waals surface area contributed by atoms with E-state index >= 15 is 0 Å². The van der Waals surface area contributed by atoms with Gasteiger partial charge < -0.3 is 0 Å². The van der Waals surface area contributed by atoms with Gasteiger partial charge in [0.25, 0.3) is 0 Å². The van der Waals surface area contributed by atoms with Gasteiger partial charge in [-0.25, -0.2) is 0 Å². The third-order valence-corrected chi connectivity index (χ3v) is 0.348. The van der Waals surface area contributed by atoms with Crippen molar-refractivity contribution in [1.29, 1.82) is 0 Å². The van der Waals surface area contributed by atoms with Crippen LogP contribution < -0.4 is 0 Å². The maximum atomic E-state index is 3.56. The Labute approximate surface area is 58.1 Å². The summed E-state index contributed by atoms with van der Waals surface area (Å²) in [6.07, 6.45) is 1.72. The van der Waals surface area contributed by atoms with E-state index in [0.717, 1.165) is 5.57 Å². The minimum atomic E-state index is 0. The summed E-state index contributed by atoms with van der Waals surface area (Å²) in [5, 5.41) is 0. The Morgan fingerprint density at radius 1 is 1.67 bits per heavy atom. The summed E-state index contributed by atoms with van der Waals surface area (Å²) in [6.45, 7) is 8.93. The molecule has 0 heterocycles. The molecule has 0 nitrogen and oxygen atoms in total. The monoisotopic (exact) mass is 277 g/mol. The van der Waals surface area contributed by atoms with Crippen LogP contribution in [0.2, 0.25) is 0 Å². The summed E-state index contributed by atoms with van der Waals surface area (Å²) >= 11 is 0. The molecule has 0 saturated heterocycles. The quantitative estimate of drug-likeness (QED) is 0.501. The Balaban J connectivity index is 0. The third-order valence-electron chi connectivity index (χ3n) is 0.348. The molecule has 6 heavy (non-hydrogen) atoms. The van der Waals surface area contributed by atoms with E-state index in [-0.39, 0.29) is 26.2 Å². The van der Waals surface area contributed by atoms with Crippen LogP contribution in [0.1, 0.15) is 6.92 Å². The van der Waals surface area contributed by atoms with Crippen LogP contribution in [0, 0.1) is 0 Å². The van der Waals surface area contributed by atoms with Crippen molar-refractivity contribution in [2.45, 2.75) is 6.92 Å². The molecule has 0 aliphatic rings. The summed E-state index contributed by atoms with van der Waals surface area (Å²) in [5.41, 5.74) is 1.02. The molecule has 0 saturated carbocycles. The van der Waals surface area contributed by atoms with Crippen molar-refractivity contribution in [3.05, 3.63) is 24.8 Å². The topological polar surface area (TPSA) is 0 Å². The van der Waals surface area contributed by atoms with Crippen LogP contribution in [0.4, 0.5) is 0 Å². The van der Waals surface area contributed by atoms with Gasteiger partial charge in [0, 0.05) is 26.2 Å². The zero-order valence-corrected chi connectivity index (χ0v) is 7.42. The normalized spacial score (nSPS) is 5.50. The Morgan fingerprint density at radius 2 is 1.83 bits per heavy atom. The van der Waals surface area contributed by atoms with Gasteiger partial charge in [0.2, 0.25) is 0 Å². The van der Waals surface area contributed by atoms with Gasteiger partial charge in [-0.1, -0.05) is 24.8 Å². The largest absolute Gasteiger partial charge is 0.0988 e. The van der Waals surface area contributed by atoms with Gasteiger partial charge in [-0.05, 0) is 6.92 Å². The van der Waals surface area contributed by atoms with Crippen molar-refractivity contribution in [3.63, 3.8) is 0 Å². The van der Waals surface area contributed by atoms with E-state index in [2.05, 4.69) is 13.2 Å². The van der Waals surface area contributed by atoms with E-state index in [1.165, 1.54) is 0 Å². The van der Waals surface area contributed by atoms with E-state index in [0.29, 0.717) is 0 Å². The first-order valence-corrected chi connectivity index (χ1v) is 1.55. The van der Waals surface area contributed by atoms with Gasteiger partial charge in [-0.15, -0.1) is 0 Å². The predicted octanol–water partition coefficient (Wildman–Crippen LogP) is 1.37. The molecule has 0 atom stereocenters. The van der Waals surface area contributed by atoms with Crippen LogP contribution in [0.3, 0.4) is 0 Å². The average molecular weight is 277 g/mol. The summed E-state index contributed by atoms with van der Waals surface area (Å²) in [6, 6.07) is 0. The second kappa shape index (κ2) is 5.36. The van der Waals surface area contributed by atoms with Crippen LogP contribution in [-0.2, 0) is 0 Å². The molecular weight excluding hydrogens is 269 g/mol. The summed E-state index contributed by atoms with van der Waals surface area (Å²) in [7, 11) is 0. The average Bonchev–Trinajstić information content (AvgIpc) is 1.38. The van der Waals surface area contributed by atoms with Crippen molar-refractivity contribution < 1.29 is 0 Å². The molecule has 0 amide bonds. The van der Waals surface area contributed by atoms with Gasteiger partial charge in [0.15, 0.2) is 0 Å². The first kappa shape index (κ1) is 9.61. The molecule has 3 radical (unpaired) electrons. The van der Waals surface area contributed by atoms with E-state index in [9.17, 15) is 0 Å². The van der Waals surface area contributed by atoms with Crippen LogP contribution in [0.5, 0.6) is 0 Å². The zero-order chi connectivity index (χ0) is 4.28. The minimum absolute atomic E-state index is 0. The standard InChI is InChI=1S/C5H8.Bi/c1-4-5(2)3;/h4H,1-2H2,3H3;. The van der Waals surface area contributed by atoms with Crippen molar-refractivity contribution in [1.82, 2.24) is 0 Å². The number of allylic oxidation sites excluding steroid dienone is 2. The molecular formula is C5H8Bi. The van der Waals surface area contributed by atoms with E-state index in [4.69, 9.17) is 0 Å². The molecule has 0 N–H and O–H groups in total. The minimum Gasteiger partial charge on any atom is -0.0988 e. The number of hydrogen-bond acceptors (Lipinski definition) is 0. The van der Waals surface area contributed by atoms with Crippen molar-refractivity contribution >= 4 is 26.2 Å². The molecule has 0 unspecified atom stereocenters. The molecule has 0 spiro atoms. The van der Waals surface area contributed by atoms with Crippen molar-refractivity contribution in [2.75, 3.05) is 0 Å². The Hall–Kier alpha value is 0.363. The predicted molar refractivity (Wildman–Crippen MR) is 30.8 cm³/mol. The van der Waals surface area contributed by atoms with Gasteiger partial charge in [0.1, 0.15) is 0 Å². The maximum absolute atomic E-state index is 3.56. The first-order chi connectivity index (χ1) is 2.27. The number of hydrogen-bond donors (Lipinski definition) is 0. The molecule has 0 aliphatic heterocycles. The fourth-order valence-electron chi connectivity index (χ4n) is 0. The SMILES string of the molecule is C=CC(=C)C.[Bi]. The summed E-state index contributed by atoms with van der Waals surface area (Å²) < 4.78 is 0. The van der Waals surface area contributed by atoms with Crippen LogP contribution in [0.25, 0.3) is 0 Å². The summed E-state index contributed by atoms with van der Waals surface area (Å²) in [4.78, 5) is 0. The second-order valence-electron chi connectivity index (χ2n) is 1.05. The van der Waals surface area contributed by atoms with Crippen LogP contribution >= 0.6 is 0 Å². The van der Waals surface area contributed by atoms with Gasteiger partial charge in [0.05, 0.1) is 0 Å². The Bertz CT molecular complexity index is 55.0. The van der Waals surface area contributed by atoms with Gasteiger partial charge in [-0.2, -0.15) is 0 Å². The molecule has 0 rings (SSSR count). The van der Waals surface area contributed by atoms with Crippen molar-refractivity contribution in [2.24, 2.45) is 0 Å². The maximum Gasteiger partial charge on any atom is 0 e. The fourth-order valence-corrected chi connectivity index (χ4v) is 0. The fraction of sp³-hybridized carbons (Fsp3) is 0.200. The smallest absolute Gasteiger partial charge is 0 e. The molecule has 0 bridgehead atoms. The first-order valence-electron chi connectivity index (χ1n) is 1.55. The van der Waals surface area contributed by atoms with E-state index in [1.807, 2.05) is 6.92 Å². The van der Waals surface area contributed by atoms with E-state index < -0.39 is 0 Å². The molecule has 0 aromatic carbocycles. The molecule has 0 aromatic rings. The Kier molecular flexibility index (Phi) is 8.59.